The van der Waals surface area contributed by atoms with Gasteiger partial charge in [0.15, 0.2) is 5.69 Å². The number of hydrogen-bond acceptors (Lipinski definition) is 5. The molecular formula is C8H10N2O4. The molecular weight excluding hydrogens is 188 g/mol. The molecule has 6 nitrogen and oxygen atoms in total. The molecule has 76 valence electrons. The van der Waals surface area contributed by atoms with Crippen molar-refractivity contribution in [2.45, 2.75) is 26.2 Å². The summed E-state index contributed by atoms with van der Waals surface area (Å²) in [4.78, 5) is 21.4. The molecule has 1 N–H and O–H groups in total. The normalized spacial score (nSPS) is 10.5. The summed E-state index contributed by atoms with van der Waals surface area (Å²) in [6.07, 6.45) is -0.465. The maximum Gasteiger partial charge on any atom is 0.361 e. The molecule has 6 heteroatoms. The van der Waals surface area contributed by atoms with Gasteiger partial charge in [-0.3, -0.25) is 4.79 Å². The minimum atomic E-state index is -1.14. The second kappa shape index (κ2) is 3.99. The molecule has 0 unspecified atom stereocenters. The Bertz CT molecular complexity index is 397. The molecule has 0 fully saturated rings. The van der Waals surface area contributed by atoms with Gasteiger partial charge in [0.1, 0.15) is 0 Å². The van der Waals surface area contributed by atoms with Crippen molar-refractivity contribution in [1.29, 1.82) is 0 Å². The number of hydrogen-bond donors (Lipinski definition) is 1. The Kier molecular flexibility index (Phi) is 2.95. The molecule has 1 heterocycles. The predicted octanol–water partition coefficient (Wildman–Crippen LogP) is 0.180. The number of rotatable bonds is 3. The second-order valence-electron chi connectivity index (χ2n) is 3.10. The quantitative estimate of drug-likeness (QED) is 0.744. The fourth-order valence-corrected chi connectivity index (χ4v) is 0.809. The van der Waals surface area contributed by atoms with Gasteiger partial charge in [-0.15, -0.1) is 10.2 Å². The third-order valence-electron chi connectivity index (χ3n) is 1.51. The molecule has 0 aromatic carbocycles. The molecule has 0 aliphatic heterocycles. The van der Waals surface area contributed by atoms with Crippen molar-refractivity contribution in [2.75, 3.05) is 0 Å². The van der Waals surface area contributed by atoms with Gasteiger partial charge in [0, 0.05) is 5.92 Å². The van der Waals surface area contributed by atoms with E-state index in [1.807, 2.05) is 0 Å². The molecule has 14 heavy (non-hydrogen) atoms. The van der Waals surface area contributed by atoms with Crippen molar-refractivity contribution in [3.05, 3.63) is 22.0 Å². The minimum absolute atomic E-state index is 0.0471. The third kappa shape index (κ3) is 2.38. The molecule has 0 radical (unpaired) electrons. The topological polar surface area (TPSA) is 93.3 Å². The Morgan fingerprint density at radius 3 is 2.57 bits per heavy atom. The van der Waals surface area contributed by atoms with Crippen molar-refractivity contribution < 1.29 is 14.3 Å². The maximum atomic E-state index is 11.1. The lowest BCUT2D eigenvalue weighted by Gasteiger charge is -2.00. The van der Waals surface area contributed by atoms with E-state index in [-0.39, 0.29) is 17.5 Å². The average molecular weight is 198 g/mol. The Labute approximate surface area is 79.6 Å². The number of carboxylic acids is 1. The number of nitrogens with zero attached hydrogens (tertiary/aromatic N) is 2. The van der Waals surface area contributed by atoms with Gasteiger partial charge in [0.2, 0.25) is 5.89 Å². The Morgan fingerprint density at radius 2 is 2.14 bits per heavy atom. The van der Waals surface area contributed by atoms with Crippen molar-refractivity contribution >= 4 is 5.97 Å². The first kappa shape index (κ1) is 10.4. The molecule has 0 amide bonds. The highest BCUT2D eigenvalue weighted by molar-refractivity contribution is 5.69. The van der Waals surface area contributed by atoms with Crippen LogP contribution in [0, 0.1) is 0 Å². The van der Waals surface area contributed by atoms with Gasteiger partial charge in [0.25, 0.3) is 0 Å². The number of carboxylic acid groups (broad SMARTS) is 1. The largest absolute Gasteiger partial charge is 0.481 e. The number of carbonyl (C=O) groups is 1. The van der Waals surface area contributed by atoms with Crippen LogP contribution in [0.4, 0.5) is 0 Å². The van der Waals surface area contributed by atoms with E-state index in [0.29, 0.717) is 0 Å². The number of aromatic nitrogens is 2. The molecule has 0 aliphatic rings. The maximum absolute atomic E-state index is 11.1. The van der Waals surface area contributed by atoms with Gasteiger partial charge < -0.3 is 9.52 Å². The summed E-state index contributed by atoms with van der Waals surface area (Å²) in [5.74, 6) is -0.970. The molecule has 1 aromatic rings. The molecule has 0 saturated carbocycles. The Morgan fingerprint density at radius 1 is 1.50 bits per heavy atom. The first-order valence-electron chi connectivity index (χ1n) is 4.09. The smallest absolute Gasteiger partial charge is 0.361 e. The summed E-state index contributed by atoms with van der Waals surface area (Å²) in [5, 5.41) is 15.5. The standard InChI is InChI=1S/C8H10N2O4/c1-4(2)7-10-9-5(3-6(11)12)8(13)14-7/h4H,3H2,1-2H3,(H,11,12). The highest BCUT2D eigenvalue weighted by atomic mass is 16.4. The average Bonchev–Trinajstić information content (AvgIpc) is 2.07. The van der Waals surface area contributed by atoms with Gasteiger partial charge >= 0.3 is 11.6 Å². The van der Waals surface area contributed by atoms with Crippen molar-refractivity contribution in [1.82, 2.24) is 10.2 Å². The van der Waals surface area contributed by atoms with E-state index >= 15 is 0 Å². The van der Waals surface area contributed by atoms with Crippen LogP contribution in [0.1, 0.15) is 31.4 Å². The fourth-order valence-electron chi connectivity index (χ4n) is 0.809. The molecule has 1 rings (SSSR count). The van der Waals surface area contributed by atoms with Crippen LogP contribution in [-0.4, -0.2) is 21.3 Å². The highest BCUT2D eigenvalue weighted by Gasteiger charge is 2.12. The van der Waals surface area contributed by atoms with E-state index in [2.05, 4.69) is 10.2 Å². The molecule has 0 saturated heterocycles. The zero-order valence-corrected chi connectivity index (χ0v) is 7.85. The van der Waals surface area contributed by atoms with Crippen LogP contribution in [0.5, 0.6) is 0 Å². The van der Waals surface area contributed by atoms with Crippen LogP contribution < -0.4 is 5.63 Å². The van der Waals surface area contributed by atoms with Crippen LogP contribution >= 0.6 is 0 Å². The van der Waals surface area contributed by atoms with Crippen molar-refractivity contribution in [2.24, 2.45) is 0 Å². The van der Waals surface area contributed by atoms with E-state index in [1.165, 1.54) is 0 Å². The van der Waals surface area contributed by atoms with Gasteiger partial charge in [-0.25, -0.2) is 4.79 Å². The zero-order chi connectivity index (χ0) is 10.7. The summed E-state index contributed by atoms with van der Waals surface area (Å²) in [5.41, 5.74) is -0.909. The van der Waals surface area contributed by atoms with Crippen LogP contribution in [0.3, 0.4) is 0 Å². The summed E-state index contributed by atoms with van der Waals surface area (Å²) in [6.45, 7) is 3.59. The summed E-state index contributed by atoms with van der Waals surface area (Å²) in [6, 6.07) is 0. The van der Waals surface area contributed by atoms with Crippen LogP contribution in [-0.2, 0) is 11.2 Å². The van der Waals surface area contributed by atoms with Crippen molar-refractivity contribution in [3.8, 4) is 0 Å². The summed E-state index contributed by atoms with van der Waals surface area (Å²) in [7, 11) is 0. The lowest BCUT2D eigenvalue weighted by molar-refractivity contribution is -0.136. The van der Waals surface area contributed by atoms with E-state index in [9.17, 15) is 9.59 Å². The van der Waals surface area contributed by atoms with Gasteiger partial charge in [-0.05, 0) is 0 Å². The Hall–Kier alpha value is -1.72. The van der Waals surface area contributed by atoms with Crippen LogP contribution in [0.2, 0.25) is 0 Å². The lowest BCUT2D eigenvalue weighted by atomic mass is 10.2. The monoisotopic (exact) mass is 198 g/mol. The predicted molar refractivity (Wildman–Crippen MR) is 46.0 cm³/mol. The third-order valence-corrected chi connectivity index (χ3v) is 1.51. The first-order chi connectivity index (χ1) is 6.50. The highest BCUT2D eigenvalue weighted by Crippen LogP contribution is 2.06. The summed E-state index contributed by atoms with van der Waals surface area (Å²) >= 11 is 0. The van der Waals surface area contributed by atoms with Crippen LogP contribution in [0.25, 0.3) is 0 Å². The van der Waals surface area contributed by atoms with Gasteiger partial charge in [0.05, 0.1) is 6.42 Å². The van der Waals surface area contributed by atoms with Crippen molar-refractivity contribution in [3.63, 3.8) is 0 Å². The minimum Gasteiger partial charge on any atom is -0.481 e. The SMILES string of the molecule is CC(C)c1nnc(CC(=O)O)c(=O)o1. The number of aliphatic carboxylic acids is 1. The zero-order valence-electron chi connectivity index (χ0n) is 7.85. The fraction of sp³-hybridized carbons (Fsp3) is 0.500. The Balaban J connectivity index is 3.02. The van der Waals surface area contributed by atoms with E-state index in [4.69, 9.17) is 9.52 Å². The van der Waals surface area contributed by atoms with Gasteiger partial charge in [-0.1, -0.05) is 13.8 Å². The molecule has 0 atom stereocenters. The van der Waals surface area contributed by atoms with E-state index in [1.54, 1.807) is 13.8 Å². The molecule has 0 bridgehead atoms. The lowest BCUT2D eigenvalue weighted by Crippen LogP contribution is -2.18. The first-order valence-corrected chi connectivity index (χ1v) is 4.09. The summed E-state index contributed by atoms with van der Waals surface area (Å²) < 4.78 is 4.78. The van der Waals surface area contributed by atoms with Gasteiger partial charge in [-0.2, -0.15) is 0 Å². The molecule has 0 spiro atoms. The second-order valence-corrected chi connectivity index (χ2v) is 3.10. The molecule has 1 aromatic heterocycles. The van der Waals surface area contributed by atoms with E-state index in [0.717, 1.165) is 0 Å². The van der Waals surface area contributed by atoms with Crippen LogP contribution in [0.15, 0.2) is 9.21 Å². The molecule has 0 aliphatic carbocycles. The van der Waals surface area contributed by atoms with E-state index < -0.39 is 18.0 Å².